The number of nitriles is 1. The van der Waals surface area contributed by atoms with Gasteiger partial charge in [0, 0.05) is 6.54 Å². The van der Waals surface area contributed by atoms with Crippen LogP contribution in [0.2, 0.25) is 0 Å². The third-order valence-corrected chi connectivity index (χ3v) is 4.25. The Hall–Kier alpha value is -1.42. The van der Waals surface area contributed by atoms with Crippen LogP contribution < -0.4 is 10.6 Å². The van der Waals surface area contributed by atoms with E-state index in [9.17, 15) is 4.79 Å². The number of rotatable bonds is 5. The van der Waals surface area contributed by atoms with Crippen molar-refractivity contribution in [2.75, 3.05) is 38.5 Å². The molecule has 1 aromatic rings. The normalized spacial score (nSPS) is 18.8. The summed E-state index contributed by atoms with van der Waals surface area (Å²) in [5.74, 6) is 0.563. The highest BCUT2D eigenvalue weighted by molar-refractivity contribution is 7.14. The monoisotopic (exact) mass is 292 g/mol. The van der Waals surface area contributed by atoms with E-state index in [1.54, 1.807) is 6.07 Å². The molecule has 1 amide bonds. The van der Waals surface area contributed by atoms with Gasteiger partial charge in [0.05, 0.1) is 12.1 Å². The smallest absolute Gasteiger partial charge is 0.239 e. The van der Waals surface area contributed by atoms with E-state index in [-0.39, 0.29) is 5.91 Å². The summed E-state index contributed by atoms with van der Waals surface area (Å²) in [5.41, 5.74) is 0.530. The zero-order chi connectivity index (χ0) is 14.4. The summed E-state index contributed by atoms with van der Waals surface area (Å²) in [6.07, 6.45) is 2.44. The molecular formula is C14H20N4OS. The number of nitrogens with one attached hydrogen (secondary N) is 2. The molecule has 0 radical (unpaired) electrons. The minimum absolute atomic E-state index is 0.0600. The lowest BCUT2D eigenvalue weighted by Gasteiger charge is -2.27. The maximum Gasteiger partial charge on any atom is 0.239 e. The number of anilines is 1. The lowest BCUT2D eigenvalue weighted by molar-refractivity contribution is -0.117. The van der Waals surface area contributed by atoms with Gasteiger partial charge in [-0.05, 0) is 50.3 Å². The van der Waals surface area contributed by atoms with Crippen LogP contribution in [0, 0.1) is 17.2 Å². The number of thiophene rings is 1. The molecule has 0 aromatic carbocycles. The number of likely N-dealkylation sites (N-methyl/N-ethyl adjacent to an activating group) is 1. The molecule has 1 aromatic heterocycles. The van der Waals surface area contributed by atoms with Crippen molar-refractivity contribution in [3.05, 3.63) is 17.0 Å². The third-order valence-electron chi connectivity index (χ3n) is 3.42. The van der Waals surface area contributed by atoms with Crippen molar-refractivity contribution < 1.29 is 4.79 Å². The van der Waals surface area contributed by atoms with Crippen LogP contribution in [-0.2, 0) is 4.79 Å². The maximum absolute atomic E-state index is 12.0. The van der Waals surface area contributed by atoms with Crippen LogP contribution in [0.5, 0.6) is 0 Å². The van der Waals surface area contributed by atoms with Crippen molar-refractivity contribution in [3.63, 3.8) is 0 Å². The van der Waals surface area contributed by atoms with Gasteiger partial charge in [-0.3, -0.25) is 9.69 Å². The molecule has 1 fully saturated rings. The van der Waals surface area contributed by atoms with Crippen LogP contribution in [-0.4, -0.2) is 44.0 Å². The molecule has 1 saturated heterocycles. The topological polar surface area (TPSA) is 68.2 Å². The molecule has 0 aliphatic carbocycles. The Kier molecular flexibility index (Phi) is 5.53. The standard InChI is InChI=1S/C14H20N4OS/c1-18(9-11-3-2-5-16-8-11)10-13(19)17-14-12(7-15)4-6-20-14/h4,6,11,16H,2-3,5,8-10H2,1H3,(H,17,19). The van der Waals surface area contributed by atoms with Crippen molar-refractivity contribution in [2.45, 2.75) is 12.8 Å². The molecule has 0 spiro atoms. The predicted molar refractivity (Wildman–Crippen MR) is 80.8 cm³/mol. The second-order valence-corrected chi connectivity index (χ2v) is 6.15. The van der Waals surface area contributed by atoms with Gasteiger partial charge in [0.25, 0.3) is 0 Å². The summed E-state index contributed by atoms with van der Waals surface area (Å²) in [4.78, 5) is 14.0. The molecule has 1 aliphatic rings. The number of amides is 1. The van der Waals surface area contributed by atoms with Gasteiger partial charge in [-0.1, -0.05) is 0 Å². The van der Waals surface area contributed by atoms with E-state index in [0.29, 0.717) is 23.0 Å². The van der Waals surface area contributed by atoms with E-state index in [1.807, 2.05) is 17.3 Å². The molecule has 6 heteroatoms. The molecule has 5 nitrogen and oxygen atoms in total. The van der Waals surface area contributed by atoms with Gasteiger partial charge in [0.15, 0.2) is 0 Å². The molecule has 1 unspecified atom stereocenters. The van der Waals surface area contributed by atoms with Crippen molar-refractivity contribution in [2.24, 2.45) is 5.92 Å². The van der Waals surface area contributed by atoms with Crippen LogP contribution in [0.25, 0.3) is 0 Å². The molecule has 0 bridgehead atoms. The Morgan fingerprint density at radius 1 is 1.70 bits per heavy atom. The van der Waals surface area contributed by atoms with E-state index < -0.39 is 0 Å². The van der Waals surface area contributed by atoms with Crippen molar-refractivity contribution in [1.29, 1.82) is 5.26 Å². The first-order valence-corrected chi connectivity index (χ1v) is 7.73. The van der Waals surface area contributed by atoms with Gasteiger partial charge in [0.1, 0.15) is 11.1 Å². The number of piperidine rings is 1. The zero-order valence-electron chi connectivity index (χ0n) is 11.7. The summed E-state index contributed by atoms with van der Waals surface area (Å²) in [6.45, 7) is 3.43. The van der Waals surface area contributed by atoms with Gasteiger partial charge in [-0.15, -0.1) is 11.3 Å². The second-order valence-electron chi connectivity index (χ2n) is 5.23. The number of hydrogen-bond acceptors (Lipinski definition) is 5. The minimum atomic E-state index is -0.0600. The van der Waals surface area contributed by atoms with Crippen LogP contribution in [0.15, 0.2) is 11.4 Å². The van der Waals surface area contributed by atoms with Crippen LogP contribution in [0.1, 0.15) is 18.4 Å². The first-order valence-electron chi connectivity index (χ1n) is 6.85. The quantitative estimate of drug-likeness (QED) is 0.863. The Bertz CT molecular complexity index is 488. The summed E-state index contributed by atoms with van der Waals surface area (Å²) in [6, 6.07) is 3.79. The fraction of sp³-hybridized carbons (Fsp3) is 0.571. The van der Waals surface area contributed by atoms with E-state index in [1.165, 1.54) is 24.2 Å². The molecule has 2 N–H and O–H groups in total. The van der Waals surface area contributed by atoms with Gasteiger partial charge >= 0.3 is 0 Å². The molecule has 1 aliphatic heterocycles. The lowest BCUT2D eigenvalue weighted by atomic mass is 9.99. The van der Waals surface area contributed by atoms with Gasteiger partial charge in [-0.2, -0.15) is 5.26 Å². The van der Waals surface area contributed by atoms with Gasteiger partial charge in [0.2, 0.25) is 5.91 Å². The van der Waals surface area contributed by atoms with Gasteiger partial charge in [-0.25, -0.2) is 0 Å². The fourth-order valence-electron chi connectivity index (χ4n) is 2.49. The molecule has 1 atom stereocenters. The van der Waals surface area contributed by atoms with Crippen LogP contribution in [0.3, 0.4) is 0 Å². The number of nitrogens with zero attached hydrogens (tertiary/aromatic N) is 2. The highest BCUT2D eigenvalue weighted by Gasteiger charge is 2.17. The molecule has 20 heavy (non-hydrogen) atoms. The number of carbonyl (C=O) groups is 1. The second kappa shape index (κ2) is 7.39. The van der Waals surface area contributed by atoms with Crippen molar-refractivity contribution >= 4 is 22.2 Å². The minimum Gasteiger partial charge on any atom is -0.316 e. The largest absolute Gasteiger partial charge is 0.316 e. The van der Waals surface area contributed by atoms with Crippen molar-refractivity contribution in [1.82, 2.24) is 10.2 Å². The van der Waals surface area contributed by atoms with E-state index >= 15 is 0 Å². The summed E-state index contributed by atoms with van der Waals surface area (Å²) >= 11 is 1.38. The number of carbonyl (C=O) groups excluding carboxylic acids is 1. The first-order chi connectivity index (χ1) is 9.69. The molecule has 2 rings (SSSR count). The number of hydrogen-bond donors (Lipinski definition) is 2. The molecule has 2 heterocycles. The highest BCUT2D eigenvalue weighted by atomic mass is 32.1. The SMILES string of the molecule is CN(CC(=O)Nc1sccc1C#N)CC1CCCNC1. The summed E-state index contributed by atoms with van der Waals surface area (Å²) in [5, 5.41) is 17.6. The maximum atomic E-state index is 12.0. The van der Waals surface area contributed by atoms with E-state index in [0.717, 1.165) is 19.6 Å². The Balaban J connectivity index is 1.77. The van der Waals surface area contributed by atoms with E-state index in [2.05, 4.69) is 16.7 Å². The zero-order valence-corrected chi connectivity index (χ0v) is 12.5. The average molecular weight is 292 g/mol. The molecular weight excluding hydrogens is 272 g/mol. The summed E-state index contributed by atoms with van der Waals surface area (Å²) < 4.78 is 0. The van der Waals surface area contributed by atoms with Crippen molar-refractivity contribution in [3.8, 4) is 6.07 Å². The van der Waals surface area contributed by atoms with Crippen LogP contribution >= 0.6 is 11.3 Å². The first kappa shape index (κ1) is 15.0. The highest BCUT2D eigenvalue weighted by Crippen LogP contribution is 2.22. The molecule has 108 valence electrons. The third kappa shape index (κ3) is 4.30. The Labute approximate surface area is 123 Å². The summed E-state index contributed by atoms with van der Waals surface area (Å²) in [7, 11) is 1.97. The van der Waals surface area contributed by atoms with E-state index in [4.69, 9.17) is 5.26 Å². The average Bonchev–Trinajstić information content (AvgIpc) is 2.86. The Morgan fingerprint density at radius 3 is 3.25 bits per heavy atom. The predicted octanol–water partition coefficient (Wildman–Crippen LogP) is 1.49. The molecule has 0 saturated carbocycles. The van der Waals surface area contributed by atoms with Crippen LogP contribution in [0.4, 0.5) is 5.00 Å². The lowest BCUT2D eigenvalue weighted by Crippen LogP contribution is -2.39. The fourth-order valence-corrected chi connectivity index (χ4v) is 3.24. The van der Waals surface area contributed by atoms with Gasteiger partial charge < -0.3 is 10.6 Å². The Morgan fingerprint density at radius 2 is 2.55 bits per heavy atom.